The van der Waals surface area contributed by atoms with E-state index in [1.807, 2.05) is 12.1 Å². The van der Waals surface area contributed by atoms with E-state index in [4.69, 9.17) is 9.26 Å². The average Bonchev–Trinajstić information content (AvgIpc) is 2.79. The van der Waals surface area contributed by atoms with Crippen molar-refractivity contribution in [3.05, 3.63) is 30.3 Å². The Kier molecular flexibility index (Phi) is 3.79. The molecule has 0 aliphatic heterocycles. The van der Waals surface area contributed by atoms with Gasteiger partial charge in [-0.05, 0) is 12.1 Å². The van der Waals surface area contributed by atoms with Crippen LogP contribution in [-0.4, -0.2) is 40.1 Å². The normalized spacial score (nSPS) is 12.6. The fourth-order valence-electron chi connectivity index (χ4n) is 1.39. The predicted octanol–water partition coefficient (Wildman–Crippen LogP) is 0.681. The minimum absolute atomic E-state index is 0.237. The Hall–Kier alpha value is -1.79. The first-order valence-corrected chi connectivity index (χ1v) is 5.20. The number of hydrogen-bond donors (Lipinski definition) is 1. The molecule has 6 nitrogen and oxygen atoms in total. The summed E-state index contributed by atoms with van der Waals surface area (Å²) in [4.78, 5) is 8.25. The number of nitrogens with zero attached hydrogens (tertiary/aromatic N) is 3. The molecular formula is C11H13N3O3. The van der Waals surface area contributed by atoms with Gasteiger partial charge in [-0.1, -0.05) is 11.2 Å². The van der Waals surface area contributed by atoms with Gasteiger partial charge in [-0.3, -0.25) is 4.98 Å². The van der Waals surface area contributed by atoms with Crippen LogP contribution in [0.25, 0.3) is 11.5 Å². The minimum atomic E-state index is -0.642. The van der Waals surface area contributed by atoms with Gasteiger partial charge in [0.2, 0.25) is 11.7 Å². The van der Waals surface area contributed by atoms with Gasteiger partial charge >= 0.3 is 0 Å². The second-order valence-electron chi connectivity index (χ2n) is 3.54. The first kappa shape index (κ1) is 11.7. The third kappa shape index (κ3) is 3.08. The molecule has 2 aromatic rings. The molecule has 90 valence electrons. The molecule has 17 heavy (non-hydrogen) atoms. The van der Waals surface area contributed by atoms with Crippen LogP contribution in [0.2, 0.25) is 0 Å². The monoisotopic (exact) mass is 235 g/mol. The fraction of sp³-hybridized carbons (Fsp3) is 0.364. The maximum absolute atomic E-state index is 9.51. The Morgan fingerprint density at radius 2 is 2.35 bits per heavy atom. The summed E-state index contributed by atoms with van der Waals surface area (Å²) in [6, 6.07) is 5.45. The summed E-state index contributed by atoms with van der Waals surface area (Å²) >= 11 is 0. The number of aliphatic hydroxyl groups excluding tert-OH is 1. The molecule has 0 fully saturated rings. The van der Waals surface area contributed by atoms with E-state index in [9.17, 15) is 5.11 Å². The van der Waals surface area contributed by atoms with Crippen molar-refractivity contribution in [3.8, 4) is 11.5 Å². The lowest BCUT2D eigenvalue weighted by Crippen LogP contribution is -2.17. The van der Waals surface area contributed by atoms with E-state index in [1.165, 1.54) is 7.11 Å². The van der Waals surface area contributed by atoms with Crippen LogP contribution < -0.4 is 0 Å². The van der Waals surface area contributed by atoms with E-state index in [-0.39, 0.29) is 13.0 Å². The third-order valence-corrected chi connectivity index (χ3v) is 2.13. The van der Waals surface area contributed by atoms with Gasteiger partial charge in [-0.25, -0.2) is 0 Å². The second-order valence-corrected chi connectivity index (χ2v) is 3.54. The molecule has 2 heterocycles. The van der Waals surface area contributed by atoms with Gasteiger partial charge in [-0.15, -0.1) is 0 Å². The van der Waals surface area contributed by atoms with Crippen molar-refractivity contribution in [2.75, 3.05) is 13.7 Å². The van der Waals surface area contributed by atoms with Crippen molar-refractivity contribution in [3.63, 3.8) is 0 Å². The molecule has 0 saturated carbocycles. The maximum atomic E-state index is 9.51. The molecular weight excluding hydrogens is 222 g/mol. The molecule has 0 aromatic carbocycles. The van der Waals surface area contributed by atoms with E-state index in [0.29, 0.717) is 17.4 Å². The molecule has 6 heteroatoms. The zero-order valence-electron chi connectivity index (χ0n) is 9.41. The largest absolute Gasteiger partial charge is 0.390 e. The number of hydrogen-bond acceptors (Lipinski definition) is 6. The van der Waals surface area contributed by atoms with Crippen molar-refractivity contribution in [1.82, 2.24) is 15.1 Å². The van der Waals surface area contributed by atoms with Crippen molar-refractivity contribution in [2.45, 2.75) is 12.5 Å². The first-order valence-electron chi connectivity index (χ1n) is 5.20. The van der Waals surface area contributed by atoms with E-state index < -0.39 is 6.10 Å². The molecule has 0 amide bonds. The summed E-state index contributed by atoms with van der Waals surface area (Å²) in [5.41, 5.74) is 0.642. The van der Waals surface area contributed by atoms with Gasteiger partial charge < -0.3 is 14.4 Å². The Morgan fingerprint density at radius 3 is 3.06 bits per heavy atom. The number of ether oxygens (including phenoxy) is 1. The lowest BCUT2D eigenvalue weighted by Gasteiger charge is -2.04. The van der Waals surface area contributed by atoms with Gasteiger partial charge in [0.05, 0.1) is 19.1 Å². The van der Waals surface area contributed by atoms with E-state index in [0.717, 1.165) is 0 Å². The van der Waals surface area contributed by atoms with Gasteiger partial charge in [0.25, 0.3) is 0 Å². The highest BCUT2D eigenvalue weighted by molar-refractivity contribution is 5.46. The van der Waals surface area contributed by atoms with Crippen LogP contribution in [-0.2, 0) is 11.2 Å². The van der Waals surface area contributed by atoms with Crippen LogP contribution in [0.4, 0.5) is 0 Å². The lowest BCUT2D eigenvalue weighted by molar-refractivity contribution is 0.0599. The van der Waals surface area contributed by atoms with Crippen LogP contribution in [0.15, 0.2) is 28.9 Å². The SMILES string of the molecule is COCC(O)Cc1nc(-c2ccccn2)no1. The highest BCUT2D eigenvalue weighted by atomic mass is 16.5. The Labute approximate surface area is 98.3 Å². The van der Waals surface area contributed by atoms with Crippen LogP contribution in [0, 0.1) is 0 Å². The summed E-state index contributed by atoms with van der Waals surface area (Å²) in [7, 11) is 1.52. The van der Waals surface area contributed by atoms with Gasteiger partial charge in [0, 0.05) is 13.3 Å². The Bertz CT molecular complexity index is 458. The number of aliphatic hydroxyl groups is 1. The molecule has 0 spiro atoms. The molecule has 2 rings (SSSR count). The smallest absolute Gasteiger partial charge is 0.229 e. The van der Waals surface area contributed by atoms with Crippen molar-refractivity contribution in [2.24, 2.45) is 0 Å². The molecule has 1 atom stereocenters. The quantitative estimate of drug-likeness (QED) is 0.820. The highest BCUT2D eigenvalue weighted by Gasteiger charge is 2.13. The van der Waals surface area contributed by atoms with Crippen LogP contribution in [0.3, 0.4) is 0 Å². The van der Waals surface area contributed by atoms with Crippen molar-refractivity contribution >= 4 is 0 Å². The predicted molar refractivity (Wildman–Crippen MR) is 59.1 cm³/mol. The van der Waals surface area contributed by atoms with E-state index in [1.54, 1.807) is 12.3 Å². The molecule has 2 aromatic heterocycles. The average molecular weight is 235 g/mol. The molecule has 1 N–H and O–H groups in total. The zero-order valence-corrected chi connectivity index (χ0v) is 9.41. The maximum Gasteiger partial charge on any atom is 0.229 e. The number of methoxy groups -OCH3 is 1. The first-order chi connectivity index (χ1) is 8.29. The van der Waals surface area contributed by atoms with Crippen LogP contribution in [0.1, 0.15) is 5.89 Å². The van der Waals surface area contributed by atoms with E-state index >= 15 is 0 Å². The van der Waals surface area contributed by atoms with Crippen molar-refractivity contribution in [1.29, 1.82) is 0 Å². The lowest BCUT2D eigenvalue weighted by atomic mass is 10.2. The standard InChI is InChI=1S/C11H13N3O3/c1-16-7-8(15)6-10-13-11(14-17-10)9-4-2-3-5-12-9/h2-5,8,15H,6-7H2,1H3. The second kappa shape index (κ2) is 5.51. The third-order valence-electron chi connectivity index (χ3n) is 2.13. The Morgan fingerprint density at radius 1 is 1.47 bits per heavy atom. The molecule has 1 unspecified atom stereocenters. The summed E-state index contributed by atoms with van der Waals surface area (Å²) in [5.74, 6) is 0.792. The Balaban J connectivity index is 2.06. The van der Waals surface area contributed by atoms with Crippen molar-refractivity contribution < 1.29 is 14.4 Å². The summed E-state index contributed by atoms with van der Waals surface area (Å²) in [6.07, 6.45) is 1.29. The summed E-state index contributed by atoms with van der Waals surface area (Å²) in [5, 5.41) is 13.3. The summed E-state index contributed by atoms with van der Waals surface area (Å²) < 4.78 is 9.83. The number of pyridine rings is 1. The summed E-state index contributed by atoms with van der Waals surface area (Å²) in [6.45, 7) is 0.237. The van der Waals surface area contributed by atoms with Crippen LogP contribution in [0.5, 0.6) is 0 Å². The number of rotatable bonds is 5. The van der Waals surface area contributed by atoms with Gasteiger partial charge in [-0.2, -0.15) is 4.98 Å². The van der Waals surface area contributed by atoms with Gasteiger partial charge in [0.15, 0.2) is 0 Å². The molecule has 0 bridgehead atoms. The van der Waals surface area contributed by atoms with Gasteiger partial charge in [0.1, 0.15) is 5.69 Å². The molecule has 0 saturated heterocycles. The molecule has 0 aliphatic rings. The molecule has 0 aliphatic carbocycles. The van der Waals surface area contributed by atoms with Crippen LogP contribution >= 0.6 is 0 Å². The highest BCUT2D eigenvalue weighted by Crippen LogP contribution is 2.12. The van der Waals surface area contributed by atoms with E-state index in [2.05, 4.69) is 15.1 Å². The zero-order chi connectivity index (χ0) is 12.1. The minimum Gasteiger partial charge on any atom is -0.390 e. The fourth-order valence-corrected chi connectivity index (χ4v) is 1.39. The molecule has 0 radical (unpaired) electrons. The number of aromatic nitrogens is 3. The topological polar surface area (TPSA) is 81.3 Å².